The van der Waals surface area contributed by atoms with Crippen LogP contribution in [0, 0.1) is 0 Å². The van der Waals surface area contributed by atoms with E-state index in [-0.39, 0.29) is 0 Å². The molecule has 1 atom stereocenters. The summed E-state index contributed by atoms with van der Waals surface area (Å²) in [7, 11) is 1.99. The van der Waals surface area contributed by atoms with Crippen molar-refractivity contribution in [1.82, 2.24) is 20.0 Å². The molecule has 0 spiro atoms. The lowest BCUT2D eigenvalue weighted by atomic mass is 10.0. The van der Waals surface area contributed by atoms with Crippen molar-refractivity contribution in [1.29, 1.82) is 0 Å². The number of nitrogens with zero attached hydrogens (tertiary/aromatic N) is 3. The zero-order valence-electron chi connectivity index (χ0n) is 11.3. The minimum absolute atomic E-state index is 0.705. The van der Waals surface area contributed by atoms with Gasteiger partial charge in [0.1, 0.15) is 0 Å². The molecule has 1 saturated carbocycles. The molecule has 1 aliphatic carbocycles. The Morgan fingerprint density at radius 2 is 2.28 bits per heavy atom. The largest absolute Gasteiger partial charge is 0.313 e. The van der Waals surface area contributed by atoms with Gasteiger partial charge in [-0.15, -0.1) is 0 Å². The van der Waals surface area contributed by atoms with Gasteiger partial charge in [0.2, 0.25) is 0 Å². The molecule has 1 saturated heterocycles. The predicted molar refractivity (Wildman–Crippen MR) is 72.3 cm³/mol. The number of rotatable bonds is 5. The normalized spacial score (nSPS) is 24.7. The number of aromatic nitrogens is 2. The highest BCUT2D eigenvalue weighted by molar-refractivity contribution is 5.05. The molecule has 18 heavy (non-hydrogen) atoms. The van der Waals surface area contributed by atoms with Crippen molar-refractivity contribution >= 4 is 0 Å². The number of hydrogen-bond acceptors (Lipinski definition) is 3. The first kappa shape index (κ1) is 12.2. The molecular weight excluding hydrogens is 224 g/mol. The van der Waals surface area contributed by atoms with E-state index in [1.54, 1.807) is 0 Å². The second-order valence-corrected chi connectivity index (χ2v) is 5.83. The molecule has 0 radical (unpaired) electrons. The zero-order valence-corrected chi connectivity index (χ0v) is 11.3. The summed E-state index contributed by atoms with van der Waals surface area (Å²) in [6, 6.07) is 1.53. The second-order valence-electron chi connectivity index (χ2n) is 5.83. The molecule has 1 N–H and O–H groups in total. The molecule has 2 fully saturated rings. The van der Waals surface area contributed by atoms with E-state index >= 15 is 0 Å². The molecule has 4 heteroatoms. The molecule has 0 amide bonds. The molecule has 2 aliphatic rings. The summed E-state index contributed by atoms with van der Waals surface area (Å²) in [4.78, 5) is 2.65. The summed E-state index contributed by atoms with van der Waals surface area (Å²) in [5, 5.41) is 7.93. The van der Waals surface area contributed by atoms with Crippen LogP contribution in [-0.4, -0.2) is 39.9 Å². The Morgan fingerprint density at radius 1 is 1.39 bits per heavy atom. The van der Waals surface area contributed by atoms with Gasteiger partial charge in [0.15, 0.2) is 0 Å². The Morgan fingerprint density at radius 3 is 2.89 bits per heavy atom. The minimum Gasteiger partial charge on any atom is -0.313 e. The van der Waals surface area contributed by atoms with Gasteiger partial charge in [-0.05, 0) is 32.2 Å². The average molecular weight is 248 g/mol. The fourth-order valence-corrected chi connectivity index (χ4v) is 2.93. The summed E-state index contributed by atoms with van der Waals surface area (Å²) in [5.41, 5.74) is 1.35. The maximum atomic E-state index is 4.27. The first-order valence-corrected chi connectivity index (χ1v) is 7.26. The summed E-state index contributed by atoms with van der Waals surface area (Å²) in [6.45, 7) is 3.48. The van der Waals surface area contributed by atoms with Crippen LogP contribution < -0.4 is 5.32 Å². The molecule has 3 rings (SSSR count). The summed E-state index contributed by atoms with van der Waals surface area (Å²) >= 11 is 0. The maximum absolute atomic E-state index is 4.27. The van der Waals surface area contributed by atoms with Crippen LogP contribution in [0.2, 0.25) is 0 Å². The van der Waals surface area contributed by atoms with Crippen molar-refractivity contribution in [2.75, 3.05) is 13.1 Å². The number of hydrogen-bond donors (Lipinski definition) is 1. The molecule has 1 unspecified atom stereocenters. The first-order chi connectivity index (χ1) is 8.81. The molecule has 1 aromatic heterocycles. The lowest BCUT2D eigenvalue weighted by Crippen LogP contribution is -2.44. The average Bonchev–Trinajstić information content (AvgIpc) is 3.15. The molecular formula is C14H24N4. The third-order valence-electron chi connectivity index (χ3n) is 4.07. The maximum Gasteiger partial charge on any atom is 0.0534 e. The van der Waals surface area contributed by atoms with Gasteiger partial charge in [0, 0.05) is 44.0 Å². The number of nitrogens with one attached hydrogen (secondary N) is 1. The van der Waals surface area contributed by atoms with Crippen LogP contribution in [0.1, 0.15) is 37.7 Å². The summed E-state index contributed by atoms with van der Waals surface area (Å²) in [5.74, 6) is 0. The summed E-state index contributed by atoms with van der Waals surface area (Å²) < 4.78 is 1.90. The Bertz CT molecular complexity index is 377. The molecule has 0 aromatic carbocycles. The van der Waals surface area contributed by atoms with Crippen LogP contribution in [0.5, 0.6) is 0 Å². The van der Waals surface area contributed by atoms with Crippen molar-refractivity contribution in [3.8, 4) is 0 Å². The smallest absolute Gasteiger partial charge is 0.0534 e. The van der Waals surface area contributed by atoms with Crippen molar-refractivity contribution in [2.45, 2.75) is 50.7 Å². The molecule has 2 heterocycles. The van der Waals surface area contributed by atoms with E-state index in [1.807, 2.05) is 17.9 Å². The van der Waals surface area contributed by atoms with Crippen LogP contribution in [0.4, 0.5) is 0 Å². The highest BCUT2D eigenvalue weighted by atomic mass is 15.3. The topological polar surface area (TPSA) is 33.1 Å². The highest BCUT2D eigenvalue weighted by Gasteiger charge is 2.31. The third-order valence-corrected chi connectivity index (χ3v) is 4.07. The Hall–Kier alpha value is -0.870. The highest BCUT2D eigenvalue weighted by Crippen LogP contribution is 2.29. The van der Waals surface area contributed by atoms with Crippen LogP contribution in [-0.2, 0) is 13.6 Å². The van der Waals surface area contributed by atoms with Crippen LogP contribution in [0.25, 0.3) is 0 Å². The van der Waals surface area contributed by atoms with E-state index < -0.39 is 0 Å². The minimum atomic E-state index is 0.705. The van der Waals surface area contributed by atoms with Crippen molar-refractivity contribution < 1.29 is 0 Å². The van der Waals surface area contributed by atoms with Gasteiger partial charge in [-0.3, -0.25) is 9.58 Å². The van der Waals surface area contributed by atoms with Gasteiger partial charge in [0.05, 0.1) is 6.20 Å². The predicted octanol–water partition coefficient (Wildman–Crippen LogP) is 1.53. The number of aryl methyl sites for hydroxylation is 1. The number of piperidine rings is 1. The standard InChI is InChI=1S/C14H24N4/c1-17-9-12(8-16-17)10-18(14-5-6-14)11-13-4-2-3-7-15-13/h8-9,13-15H,2-7,10-11H2,1H3. The molecule has 0 bridgehead atoms. The van der Waals surface area contributed by atoms with E-state index in [1.165, 1.54) is 50.8 Å². The van der Waals surface area contributed by atoms with Gasteiger partial charge < -0.3 is 5.32 Å². The first-order valence-electron chi connectivity index (χ1n) is 7.26. The molecule has 4 nitrogen and oxygen atoms in total. The van der Waals surface area contributed by atoms with Gasteiger partial charge >= 0.3 is 0 Å². The van der Waals surface area contributed by atoms with Crippen molar-refractivity contribution in [2.24, 2.45) is 7.05 Å². The fourth-order valence-electron chi connectivity index (χ4n) is 2.93. The van der Waals surface area contributed by atoms with E-state index in [0.29, 0.717) is 6.04 Å². The van der Waals surface area contributed by atoms with Crippen molar-refractivity contribution in [3.05, 3.63) is 18.0 Å². The molecule has 1 aliphatic heterocycles. The van der Waals surface area contributed by atoms with Gasteiger partial charge in [0.25, 0.3) is 0 Å². The Labute approximate surface area is 109 Å². The van der Waals surface area contributed by atoms with Crippen molar-refractivity contribution in [3.63, 3.8) is 0 Å². The van der Waals surface area contributed by atoms with Crippen LogP contribution in [0.3, 0.4) is 0 Å². The summed E-state index contributed by atoms with van der Waals surface area (Å²) in [6.07, 6.45) is 11.0. The van der Waals surface area contributed by atoms with Gasteiger partial charge in [-0.25, -0.2) is 0 Å². The van der Waals surface area contributed by atoms with E-state index in [9.17, 15) is 0 Å². The lowest BCUT2D eigenvalue weighted by molar-refractivity contribution is 0.208. The quantitative estimate of drug-likeness (QED) is 0.858. The SMILES string of the molecule is Cn1cc(CN(CC2CCCCN2)C2CC2)cn1. The van der Waals surface area contributed by atoms with E-state index in [0.717, 1.165) is 12.6 Å². The second kappa shape index (κ2) is 5.41. The van der Waals surface area contributed by atoms with Crippen LogP contribution in [0.15, 0.2) is 12.4 Å². The van der Waals surface area contributed by atoms with Gasteiger partial charge in [-0.2, -0.15) is 5.10 Å². The fraction of sp³-hybridized carbons (Fsp3) is 0.786. The van der Waals surface area contributed by atoms with Gasteiger partial charge in [-0.1, -0.05) is 6.42 Å². The Balaban J connectivity index is 1.57. The molecule has 1 aromatic rings. The third kappa shape index (κ3) is 3.12. The zero-order chi connectivity index (χ0) is 12.4. The monoisotopic (exact) mass is 248 g/mol. The van der Waals surface area contributed by atoms with Crippen LogP contribution >= 0.6 is 0 Å². The Kier molecular flexibility index (Phi) is 3.66. The van der Waals surface area contributed by atoms with E-state index in [2.05, 4.69) is 21.5 Å². The van der Waals surface area contributed by atoms with E-state index in [4.69, 9.17) is 0 Å². The molecule has 100 valence electrons. The lowest BCUT2D eigenvalue weighted by Gasteiger charge is -2.30.